The van der Waals surface area contributed by atoms with E-state index in [1.807, 2.05) is 48.5 Å². The van der Waals surface area contributed by atoms with Crippen molar-refractivity contribution < 1.29 is 19.4 Å². The van der Waals surface area contributed by atoms with E-state index in [9.17, 15) is 9.90 Å². The quantitative estimate of drug-likeness (QED) is 0.806. The molecule has 0 saturated carbocycles. The molecule has 2 aromatic carbocycles. The first-order valence-electron chi connectivity index (χ1n) is 9.80. The minimum absolute atomic E-state index is 0.214. The summed E-state index contributed by atoms with van der Waals surface area (Å²) < 4.78 is 11.0. The summed E-state index contributed by atoms with van der Waals surface area (Å²) in [6.45, 7) is 2.61. The summed E-state index contributed by atoms with van der Waals surface area (Å²) in [7, 11) is 1.59. The Morgan fingerprint density at radius 2 is 1.86 bits per heavy atom. The number of rotatable bonds is 5. The van der Waals surface area contributed by atoms with Gasteiger partial charge in [-0.2, -0.15) is 0 Å². The zero-order chi connectivity index (χ0) is 20.4. The van der Waals surface area contributed by atoms with Crippen molar-refractivity contribution in [1.82, 2.24) is 4.90 Å². The Morgan fingerprint density at radius 3 is 2.55 bits per heavy atom. The van der Waals surface area contributed by atoms with Crippen molar-refractivity contribution in [3.8, 4) is 5.75 Å². The van der Waals surface area contributed by atoms with Crippen molar-refractivity contribution in [1.29, 1.82) is 0 Å². The summed E-state index contributed by atoms with van der Waals surface area (Å²) in [5.74, 6) is 0.649. The number of carbonyl (C=O) groups is 1. The number of ether oxygens (including phenoxy) is 2. The minimum Gasteiger partial charge on any atom is -0.495 e. The van der Waals surface area contributed by atoms with E-state index >= 15 is 0 Å². The van der Waals surface area contributed by atoms with Gasteiger partial charge in [-0.15, -0.1) is 0 Å². The molecule has 0 bridgehead atoms. The Morgan fingerprint density at radius 1 is 1.17 bits per heavy atom. The number of likely N-dealkylation sites (tertiary alicyclic amines) is 1. The Hall–Kier alpha value is -2.28. The number of halogens is 1. The summed E-state index contributed by atoms with van der Waals surface area (Å²) >= 11 is 5.96. The van der Waals surface area contributed by atoms with Crippen molar-refractivity contribution >= 4 is 23.4 Å². The van der Waals surface area contributed by atoms with Crippen LogP contribution in [0.1, 0.15) is 18.4 Å². The highest BCUT2D eigenvalue weighted by Gasteiger charge is 2.38. The normalized spacial score (nSPS) is 21.8. The predicted octanol–water partition coefficient (Wildman–Crippen LogP) is 3.66. The molecule has 154 valence electrons. The fourth-order valence-electron chi connectivity index (χ4n) is 4.11. The molecule has 0 radical (unpaired) electrons. The van der Waals surface area contributed by atoms with Crippen molar-refractivity contribution in [3.63, 3.8) is 0 Å². The van der Waals surface area contributed by atoms with Gasteiger partial charge in [0.05, 0.1) is 24.9 Å². The predicted molar refractivity (Wildman–Crippen MR) is 112 cm³/mol. The number of aliphatic hydroxyl groups is 1. The second-order valence-corrected chi connectivity index (χ2v) is 8.06. The van der Waals surface area contributed by atoms with Gasteiger partial charge >= 0.3 is 6.09 Å². The smallest absolute Gasteiger partial charge is 0.414 e. The number of amides is 1. The van der Waals surface area contributed by atoms with E-state index in [1.165, 1.54) is 0 Å². The number of methoxy groups -OCH3 is 1. The first-order chi connectivity index (χ1) is 14.0. The van der Waals surface area contributed by atoms with Gasteiger partial charge in [0.1, 0.15) is 11.9 Å². The van der Waals surface area contributed by atoms with Crippen LogP contribution in [-0.4, -0.2) is 55.5 Å². The van der Waals surface area contributed by atoms with Gasteiger partial charge in [-0.25, -0.2) is 4.79 Å². The highest BCUT2D eigenvalue weighted by molar-refractivity contribution is 6.30. The van der Waals surface area contributed by atoms with Crippen LogP contribution in [0.15, 0.2) is 48.5 Å². The summed E-state index contributed by atoms with van der Waals surface area (Å²) in [5, 5.41) is 11.7. The first-order valence-corrected chi connectivity index (χ1v) is 10.2. The Bertz CT molecular complexity index is 865. The van der Waals surface area contributed by atoms with Crippen LogP contribution < -0.4 is 9.64 Å². The summed E-state index contributed by atoms with van der Waals surface area (Å²) in [4.78, 5) is 16.3. The van der Waals surface area contributed by atoms with Crippen molar-refractivity contribution in [2.75, 3.05) is 38.2 Å². The lowest BCUT2D eigenvalue weighted by molar-refractivity contribution is -0.0324. The molecule has 2 saturated heterocycles. The van der Waals surface area contributed by atoms with Crippen molar-refractivity contribution in [2.45, 2.75) is 24.5 Å². The molecule has 0 aromatic heterocycles. The fraction of sp³-hybridized carbons (Fsp3) is 0.409. The monoisotopic (exact) mass is 416 g/mol. The second-order valence-electron chi connectivity index (χ2n) is 7.63. The van der Waals surface area contributed by atoms with Crippen LogP contribution in [0.25, 0.3) is 0 Å². The van der Waals surface area contributed by atoms with E-state index in [4.69, 9.17) is 21.1 Å². The van der Waals surface area contributed by atoms with Crippen LogP contribution in [0.2, 0.25) is 5.02 Å². The molecule has 0 spiro atoms. The van der Waals surface area contributed by atoms with Gasteiger partial charge in [-0.3, -0.25) is 9.80 Å². The molecule has 1 atom stereocenters. The average Bonchev–Trinajstić information content (AvgIpc) is 3.10. The summed E-state index contributed by atoms with van der Waals surface area (Å²) in [6.07, 6.45) is 0.695. The van der Waals surface area contributed by atoms with Gasteiger partial charge in [0.15, 0.2) is 0 Å². The van der Waals surface area contributed by atoms with Crippen LogP contribution in [0.5, 0.6) is 5.75 Å². The van der Waals surface area contributed by atoms with Gasteiger partial charge in [0, 0.05) is 24.7 Å². The Balaban J connectivity index is 1.35. The van der Waals surface area contributed by atoms with Gasteiger partial charge in [-0.05, 0) is 42.7 Å². The topological polar surface area (TPSA) is 62.2 Å². The van der Waals surface area contributed by atoms with Gasteiger partial charge in [0.25, 0.3) is 0 Å². The number of hydrogen-bond donors (Lipinski definition) is 1. The molecule has 1 unspecified atom stereocenters. The number of hydrogen-bond acceptors (Lipinski definition) is 5. The molecule has 29 heavy (non-hydrogen) atoms. The number of carbonyl (C=O) groups excluding carboxylic acids is 1. The maximum absolute atomic E-state index is 12.4. The fourth-order valence-corrected chi connectivity index (χ4v) is 4.23. The van der Waals surface area contributed by atoms with E-state index in [1.54, 1.807) is 12.0 Å². The zero-order valence-corrected chi connectivity index (χ0v) is 17.1. The molecule has 7 heteroatoms. The van der Waals surface area contributed by atoms with E-state index in [0.29, 0.717) is 36.7 Å². The Kier molecular flexibility index (Phi) is 5.67. The van der Waals surface area contributed by atoms with Gasteiger partial charge in [0.2, 0.25) is 0 Å². The number of piperidine rings is 1. The molecule has 2 aliphatic rings. The molecule has 1 N–H and O–H groups in total. The van der Waals surface area contributed by atoms with Crippen molar-refractivity contribution in [2.24, 2.45) is 0 Å². The highest BCUT2D eigenvalue weighted by atomic mass is 35.5. The molecular formula is C22H25ClN2O4. The van der Waals surface area contributed by atoms with Crippen molar-refractivity contribution in [3.05, 3.63) is 59.1 Å². The largest absolute Gasteiger partial charge is 0.495 e. The maximum Gasteiger partial charge on any atom is 0.414 e. The molecule has 2 fully saturated rings. The molecular weight excluding hydrogens is 392 g/mol. The summed E-state index contributed by atoms with van der Waals surface area (Å²) in [6, 6.07) is 14.8. The summed E-state index contributed by atoms with van der Waals surface area (Å²) in [5.41, 5.74) is 0.783. The maximum atomic E-state index is 12.4. The number of nitrogens with zero attached hydrogens (tertiary/aromatic N) is 2. The van der Waals surface area contributed by atoms with E-state index in [0.717, 1.165) is 24.3 Å². The molecule has 2 aliphatic heterocycles. The number of anilines is 1. The van der Waals surface area contributed by atoms with Gasteiger partial charge in [-0.1, -0.05) is 35.9 Å². The van der Waals surface area contributed by atoms with Crippen LogP contribution in [0.4, 0.5) is 10.5 Å². The average molecular weight is 417 g/mol. The number of para-hydroxylation sites is 2. The van der Waals surface area contributed by atoms with Crippen LogP contribution in [-0.2, 0) is 10.3 Å². The van der Waals surface area contributed by atoms with Crippen LogP contribution in [0, 0.1) is 0 Å². The highest BCUT2D eigenvalue weighted by Crippen LogP contribution is 2.34. The van der Waals surface area contributed by atoms with Crippen LogP contribution >= 0.6 is 11.6 Å². The molecule has 0 aliphatic carbocycles. The molecule has 2 heterocycles. The number of cyclic esters (lactones) is 1. The standard InChI is InChI=1S/C22H25ClN2O4/c1-28-20-5-3-2-4-19(20)25-15-18(29-21(25)26)14-24-12-10-22(27,11-13-24)16-6-8-17(23)9-7-16/h2-9,18,27H,10-15H2,1H3. The minimum atomic E-state index is -0.836. The van der Waals surface area contributed by atoms with E-state index in [-0.39, 0.29) is 12.2 Å². The number of benzene rings is 2. The third kappa shape index (κ3) is 4.20. The third-order valence-corrected chi connectivity index (χ3v) is 6.03. The third-order valence-electron chi connectivity index (χ3n) is 5.78. The molecule has 1 amide bonds. The Labute approximate surface area is 175 Å². The van der Waals surface area contributed by atoms with Gasteiger partial charge < -0.3 is 14.6 Å². The SMILES string of the molecule is COc1ccccc1N1CC(CN2CCC(O)(c3ccc(Cl)cc3)CC2)OC1=O. The first kappa shape index (κ1) is 20.0. The van der Waals surface area contributed by atoms with E-state index < -0.39 is 5.60 Å². The molecule has 6 nitrogen and oxygen atoms in total. The lowest BCUT2D eigenvalue weighted by Gasteiger charge is -2.39. The van der Waals surface area contributed by atoms with Crippen LogP contribution in [0.3, 0.4) is 0 Å². The zero-order valence-electron chi connectivity index (χ0n) is 16.4. The van der Waals surface area contributed by atoms with E-state index in [2.05, 4.69) is 4.90 Å². The lowest BCUT2D eigenvalue weighted by atomic mass is 9.84. The second kappa shape index (κ2) is 8.22. The lowest BCUT2D eigenvalue weighted by Crippen LogP contribution is -2.45. The molecule has 2 aromatic rings. The molecule has 4 rings (SSSR count).